The molecule has 0 aliphatic rings. The molecule has 4 heteroatoms. The molecule has 16 heavy (non-hydrogen) atoms. The number of halogens is 1. The summed E-state index contributed by atoms with van der Waals surface area (Å²) < 4.78 is 0.997. The topological polar surface area (TPSA) is 45.1 Å². The summed E-state index contributed by atoms with van der Waals surface area (Å²) in [6.45, 7) is 6.18. The third kappa shape index (κ3) is 5.05. The van der Waals surface area contributed by atoms with Gasteiger partial charge in [0.1, 0.15) is 0 Å². The van der Waals surface area contributed by atoms with Crippen molar-refractivity contribution >= 4 is 15.9 Å². The number of aliphatic hydroxyl groups excluding tert-OH is 1. The van der Waals surface area contributed by atoms with Gasteiger partial charge in [0.05, 0.1) is 5.69 Å². The van der Waals surface area contributed by atoms with Gasteiger partial charge in [-0.1, -0.05) is 13.8 Å². The van der Waals surface area contributed by atoms with Gasteiger partial charge in [-0.05, 0) is 39.9 Å². The lowest BCUT2D eigenvalue weighted by Crippen LogP contribution is -2.30. The van der Waals surface area contributed by atoms with E-state index >= 15 is 0 Å². The Labute approximate surface area is 105 Å². The number of hydrogen-bond donors (Lipinski definition) is 2. The molecule has 0 unspecified atom stereocenters. The molecule has 90 valence electrons. The lowest BCUT2D eigenvalue weighted by Gasteiger charge is -2.23. The van der Waals surface area contributed by atoms with Crippen molar-refractivity contribution in [1.29, 1.82) is 0 Å². The van der Waals surface area contributed by atoms with Crippen molar-refractivity contribution in [2.75, 3.05) is 13.2 Å². The number of hydrogen-bond acceptors (Lipinski definition) is 3. The van der Waals surface area contributed by atoms with E-state index in [9.17, 15) is 0 Å². The van der Waals surface area contributed by atoms with Crippen LogP contribution >= 0.6 is 15.9 Å². The van der Waals surface area contributed by atoms with Crippen molar-refractivity contribution in [3.8, 4) is 0 Å². The van der Waals surface area contributed by atoms with Crippen LogP contribution in [0.2, 0.25) is 0 Å². The molecule has 0 atom stereocenters. The van der Waals surface area contributed by atoms with E-state index in [2.05, 4.69) is 40.1 Å². The minimum atomic E-state index is 0.129. The summed E-state index contributed by atoms with van der Waals surface area (Å²) in [6.07, 6.45) is 2.61. The van der Waals surface area contributed by atoms with Crippen LogP contribution in [0.3, 0.4) is 0 Å². The first-order chi connectivity index (χ1) is 7.53. The molecule has 1 aromatic heterocycles. The monoisotopic (exact) mass is 286 g/mol. The highest BCUT2D eigenvalue weighted by Gasteiger charge is 2.16. The van der Waals surface area contributed by atoms with Gasteiger partial charge in [0.25, 0.3) is 0 Å². The Kier molecular flexibility index (Phi) is 5.38. The molecule has 2 N–H and O–H groups in total. The summed E-state index contributed by atoms with van der Waals surface area (Å²) in [5.74, 6) is 0. The predicted octanol–water partition coefficient (Wildman–Crippen LogP) is 2.34. The number of nitrogens with one attached hydrogen (secondary N) is 1. The zero-order valence-electron chi connectivity index (χ0n) is 9.83. The molecular weight excluding hydrogens is 268 g/mol. The van der Waals surface area contributed by atoms with E-state index in [0.717, 1.165) is 29.7 Å². The molecule has 0 aliphatic carbocycles. The molecule has 3 nitrogen and oxygen atoms in total. The maximum Gasteiger partial charge on any atom is 0.0542 e. The largest absolute Gasteiger partial charge is 0.396 e. The average Bonchev–Trinajstić information content (AvgIpc) is 2.20. The molecule has 0 saturated heterocycles. The fourth-order valence-electron chi connectivity index (χ4n) is 1.43. The normalized spacial score (nSPS) is 11.8. The number of aromatic nitrogens is 1. The highest BCUT2D eigenvalue weighted by Crippen LogP contribution is 2.18. The Bertz CT molecular complexity index is 311. The molecular formula is C12H19BrN2O. The zero-order chi connectivity index (χ0) is 12.0. The van der Waals surface area contributed by atoms with Gasteiger partial charge in [-0.15, -0.1) is 0 Å². The van der Waals surface area contributed by atoms with E-state index < -0.39 is 0 Å². The van der Waals surface area contributed by atoms with E-state index in [1.165, 1.54) is 0 Å². The number of rotatable bonds is 6. The van der Waals surface area contributed by atoms with Gasteiger partial charge in [0.15, 0.2) is 0 Å². The van der Waals surface area contributed by atoms with Gasteiger partial charge in [-0.2, -0.15) is 0 Å². The van der Waals surface area contributed by atoms with Gasteiger partial charge >= 0.3 is 0 Å². The van der Waals surface area contributed by atoms with E-state index in [1.807, 2.05) is 12.1 Å². The van der Waals surface area contributed by atoms with Crippen molar-refractivity contribution in [1.82, 2.24) is 10.3 Å². The summed E-state index contributed by atoms with van der Waals surface area (Å²) in [5, 5.41) is 12.3. The summed E-state index contributed by atoms with van der Waals surface area (Å²) in [4.78, 5) is 4.29. The van der Waals surface area contributed by atoms with Gasteiger partial charge < -0.3 is 10.4 Å². The highest BCUT2D eigenvalue weighted by atomic mass is 79.9. The number of pyridine rings is 1. The van der Waals surface area contributed by atoms with Crippen LogP contribution < -0.4 is 5.32 Å². The van der Waals surface area contributed by atoms with Gasteiger partial charge in [0.2, 0.25) is 0 Å². The fraction of sp³-hybridized carbons (Fsp3) is 0.583. The molecule has 1 heterocycles. The van der Waals surface area contributed by atoms with Crippen LogP contribution in [-0.2, 0) is 6.54 Å². The van der Waals surface area contributed by atoms with E-state index in [1.54, 1.807) is 6.20 Å². The maximum absolute atomic E-state index is 8.90. The molecule has 0 radical (unpaired) electrons. The Morgan fingerprint density at radius 3 is 2.75 bits per heavy atom. The summed E-state index contributed by atoms with van der Waals surface area (Å²) in [6, 6.07) is 3.99. The van der Waals surface area contributed by atoms with Crippen molar-refractivity contribution in [3.05, 3.63) is 28.5 Å². The fourth-order valence-corrected chi connectivity index (χ4v) is 1.67. The second-order valence-corrected chi connectivity index (χ2v) is 5.62. The molecule has 0 aliphatic heterocycles. The van der Waals surface area contributed by atoms with Gasteiger partial charge in [-0.3, -0.25) is 4.98 Å². The van der Waals surface area contributed by atoms with E-state index in [-0.39, 0.29) is 12.0 Å². The molecule has 0 fully saturated rings. The van der Waals surface area contributed by atoms with Gasteiger partial charge in [-0.25, -0.2) is 0 Å². The molecule has 0 aromatic carbocycles. The molecule has 1 rings (SSSR count). The van der Waals surface area contributed by atoms with E-state index in [4.69, 9.17) is 5.11 Å². The molecule has 1 aromatic rings. The molecule has 0 saturated carbocycles. The van der Waals surface area contributed by atoms with Crippen LogP contribution in [-0.4, -0.2) is 23.2 Å². The minimum Gasteiger partial charge on any atom is -0.396 e. The van der Waals surface area contributed by atoms with E-state index in [0.29, 0.717) is 0 Å². The smallest absolute Gasteiger partial charge is 0.0542 e. The first-order valence-electron chi connectivity index (χ1n) is 5.45. The minimum absolute atomic E-state index is 0.129. The summed E-state index contributed by atoms with van der Waals surface area (Å²) in [5.41, 5.74) is 1.16. The van der Waals surface area contributed by atoms with Crippen LogP contribution in [0.5, 0.6) is 0 Å². The first-order valence-corrected chi connectivity index (χ1v) is 6.25. The zero-order valence-corrected chi connectivity index (χ0v) is 11.4. The van der Waals surface area contributed by atoms with Crippen molar-refractivity contribution in [2.45, 2.75) is 26.8 Å². The molecule has 0 spiro atoms. The lowest BCUT2D eigenvalue weighted by molar-refractivity contribution is 0.207. The predicted molar refractivity (Wildman–Crippen MR) is 69.1 cm³/mol. The number of aliphatic hydroxyl groups is 1. The maximum atomic E-state index is 8.90. The van der Waals surface area contributed by atoms with Crippen LogP contribution in [0.25, 0.3) is 0 Å². The SMILES string of the molecule is CC(C)(CCO)CNCc1ccc(Br)cn1. The lowest BCUT2D eigenvalue weighted by atomic mass is 9.90. The second-order valence-electron chi connectivity index (χ2n) is 4.71. The Morgan fingerprint density at radius 1 is 1.44 bits per heavy atom. The van der Waals surface area contributed by atoms with Crippen LogP contribution in [0.1, 0.15) is 26.0 Å². The van der Waals surface area contributed by atoms with Crippen molar-refractivity contribution in [3.63, 3.8) is 0 Å². The van der Waals surface area contributed by atoms with Crippen molar-refractivity contribution in [2.24, 2.45) is 5.41 Å². The summed E-state index contributed by atoms with van der Waals surface area (Å²) in [7, 11) is 0. The van der Waals surface area contributed by atoms with Gasteiger partial charge in [0, 0.05) is 30.4 Å². The standard InChI is InChI=1S/C12H19BrN2O/c1-12(2,5-6-16)9-14-8-11-4-3-10(13)7-15-11/h3-4,7,14,16H,5-6,8-9H2,1-2H3. The Balaban J connectivity index is 2.32. The van der Waals surface area contributed by atoms with Crippen molar-refractivity contribution < 1.29 is 5.11 Å². The second kappa shape index (κ2) is 6.33. The molecule has 0 amide bonds. The number of nitrogens with zero attached hydrogens (tertiary/aromatic N) is 1. The summed E-state index contributed by atoms with van der Waals surface area (Å²) >= 11 is 3.36. The van der Waals surface area contributed by atoms with Crippen LogP contribution in [0.15, 0.2) is 22.8 Å². The first kappa shape index (κ1) is 13.6. The Hall–Kier alpha value is -0.450. The third-order valence-electron chi connectivity index (χ3n) is 2.49. The van der Waals surface area contributed by atoms with Crippen LogP contribution in [0, 0.1) is 5.41 Å². The highest BCUT2D eigenvalue weighted by molar-refractivity contribution is 9.10. The van der Waals surface area contributed by atoms with Crippen LogP contribution in [0.4, 0.5) is 0 Å². The molecule has 0 bridgehead atoms. The third-order valence-corrected chi connectivity index (χ3v) is 2.96. The Morgan fingerprint density at radius 2 is 2.19 bits per heavy atom. The quantitative estimate of drug-likeness (QED) is 0.844. The average molecular weight is 287 g/mol.